The van der Waals surface area contributed by atoms with Gasteiger partial charge in [0.1, 0.15) is 5.75 Å². The molecule has 3 heteroatoms. The second kappa shape index (κ2) is 4.64. The molecule has 0 spiro atoms. The van der Waals surface area contributed by atoms with E-state index in [-0.39, 0.29) is 0 Å². The van der Waals surface area contributed by atoms with Gasteiger partial charge in [-0.1, -0.05) is 12.1 Å². The highest BCUT2D eigenvalue weighted by molar-refractivity contribution is 5.39. The minimum absolute atomic E-state index is 0.370. The van der Waals surface area contributed by atoms with Crippen LogP contribution in [-0.2, 0) is 13.0 Å². The minimum Gasteiger partial charge on any atom is -0.493 e. The van der Waals surface area contributed by atoms with Gasteiger partial charge in [0, 0.05) is 25.6 Å². The summed E-state index contributed by atoms with van der Waals surface area (Å²) in [5, 5.41) is 3.37. The molecule has 3 N–H and O–H groups in total. The summed E-state index contributed by atoms with van der Waals surface area (Å²) in [6.45, 7) is 4.47. The summed E-state index contributed by atoms with van der Waals surface area (Å²) in [5.74, 6) is 1.05. The first kappa shape index (κ1) is 10.5. The normalized spacial score (nSPS) is 15.9. The van der Waals surface area contributed by atoms with E-state index >= 15 is 0 Å². The van der Waals surface area contributed by atoms with Crippen molar-refractivity contribution >= 4 is 0 Å². The van der Waals surface area contributed by atoms with Gasteiger partial charge in [-0.15, -0.1) is 0 Å². The van der Waals surface area contributed by atoms with E-state index in [1.807, 2.05) is 0 Å². The average molecular weight is 206 g/mol. The standard InChI is InChI=1S/C12H18N2O/c1-9(7-13)14-8-10-2-3-12-11(6-10)4-5-15-12/h2-3,6,9,14H,4-5,7-8,13H2,1H3/t9-/m1/s1. The zero-order valence-electron chi connectivity index (χ0n) is 9.12. The third kappa shape index (κ3) is 2.49. The second-order valence-corrected chi connectivity index (χ2v) is 4.06. The van der Waals surface area contributed by atoms with Crippen LogP contribution in [0.5, 0.6) is 5.75 Å². The zero-order valence-corrected chi connectivity index (χ0v) is 9.12. The van der Waals surface area contributed by atoms with Crippen molar-refractivity contribution < 1.29 is 4.74 Å². The summed E-state index contributed by atoms with van der Waals surface area (Å²) in [6, 6.07) is 6.76. The summed E-state index contributed by atoms with van der Waals surface area (Å²) in [4.78, 5) is 0. The van der Waals surface area contributed by atoms with Crippen molar-refractivity contribution in [2.45, 2.75) is 25.9 Å². The fourth-order valence-corrected chi connectivity index (χ4v) is 1.73. The van der Waals surface area contributed by atoms with Crippen LogP contribution in [0.2, 0.25) is 0 Å². The molecule has 0 aliphatic carbocycles. The number of hydrogen-bond donors (Lipinski definition) is 2. The Morgan fingerprint density at radius 3 is 3.20 bits per heavy atom. The zero-order chi connectivity index (χ0) is 10.7. The maximum atomic E-state index is 5.54. The van der Waals surface area contributed by atoms with Crippen LogP contribution in [0.25, 0.3) is 0 Å². The second-order valence-electron chi connectivity index (χ2n) is 4.06. The molecular formula is C12H18N2O. The molecule has 0 unspecified atom stereocenters. The molecule has 1 aromatic rings. The van der Waals surface area contributed by atoms with Crippen LogP contribution >= 0.6 is 0 Å². The van der Waals surface area contributed by atoms with E-state index in [0.29, 0.717) is 12.6 Å². The summed E-state index contributed by atoms with van der Waals surface area (Å²) < 4.78 is 5.46. The Morgan fingerprint density at radius 1 is 1.53 bits per heavy atom. The van der Waals surface area contributed by atoms with Crippen molar-refractivity contribution in [3.05, 3.63) is 29.3 Å². The molecule has 1 atom stereocenters. The predicted molar refractivity (Wildman–Crippen MR) is 61.0 cm³/mol. The highest BCUT2D eigenvalue weighted by Crippen LogP contribution is 2.25. The molecule has 0 aromatic heterocycles. The van der Waals surface area contributed by atoms with E-state index in [1.165, 1.54) is 11.1 Å². The van der Waals surface area contributed by atoms with Crippen LogP contribution < -0.4 is 15.8 Å². The van der Waals surface area contributed by atoms with Gasteiger partial charge in [-0.05, 0) is 24.1 Å². The van der Waals surface area contributed by atoms with Crippen molar-refractivity contribution in [3.8, 4) is 5.75 Å². The van der Waals surface area contributed by atoms with E-state index in [2.05, 4.69) is 30.4 Å². The van der Waals surface area contributed by atoms with E-state index in [1.54, 1.807) is 0 Å². The Balaban J connectivity index is 1.98. The van der Waals surface area contributed by atoms with Crippen LogP contribution in [-0.4, -0.2) is 19.2 Å². The molecule has 0 saturated heterocycles. The van der Waals surface area contributed by atoms with E-state index in [4.69, 9.17) is 10.5 Å². The smallest absolute Gasteiger partial charge is 0.122 e. The van der Waals surface area contributed by atoms with Gasteiger partial charge < -0.3 is 15.8 Å². The molecule has 0 radical (unpaired) electrons. The van der Waals surface area contributed by atoms with Gasteiger partial charge >= 0.3 is 0 Å². The van der Waals surface area contributed by atoms with Gasteiger partial charge in [-0.25, -0.2) is 0 Å². The third-order valence-electron chi connectivity index (χ3n) is 2.76. The highest BCUT2D eigenvalue weighted by Gasteiger charge is 2.11. The molecule has 0 amide bonds. The molecule has 0 saturated carbocycles. The Labute approximate surface area is 90.6 Å². The monoisotopic (exact) mass is 206 g/mol. The molecule has 1 aromatic carbocycles. The molecule has 15 heavy (non-hydrogen) atoms. The summed E-state index contributed by atoms with van der Waals surface area (Å²) in [7, 11) is 0. The lowest BCUT2D eigenvalue weighted by atomic mass is 10.1. The van der Waals surface area contributed by atoms with Crippen LogP contribution in [0.3, 0.4) is 0 Å². The van der Waals surface area contributed by atoms with Gasteiger partial charge in [0.2, 0.25) is 0 Å². The molecule has 82 valence electrons. The van der Waals surface area contributed by atoms with Crippen LogP contribution in [0.4, 0.5) is 0 Å². The van der Waals surface area contributed by atoms with Gasteiger partial charge in [0.05, 0.1) is 6.61 Å². The van der Waals surface area contributed by atoms with Crippen molar-refractivity contribution in [2.75, 3.05) is 13.2 Å². The summed E-state index contributed by atoms with van der Waals surface area (Å²) >= 11 is 0. The molecule has 0 bridgehead atoms. The summed E-state index contributed by atoms with van der Waals surface area (Å²) in [6.07, 6.45) is 1.04. The number of hydrogen-bond acceptors (Lipinski definition) is 3. The van der Waals surface area contributed by atoms with E-state index < -0.39 is 0 Å². The molecule has 1 aliphatic heterocycles. The van der Waals surface area contributed by atoms with E-state index in [9.17, 15) is 0 Å². The van der Waals surface area contributed by atoms with Gasteiger partial charge in [-0.2, -0.15) is 0 Å². The Kier molecular flexibility index (Phi) is 3.23. The van der Waals surface area contributed by atoms with Gasteiger partial charge in [-0.3, -0.25) is 0 Å². The fraction of sp³-hybridized carbons (Fsp3) is 0.500. The maximum absolute atomic E-state index is 5.54. The lowest BCUT2D eigenvalue weighted by molar-refractivity contribution is 0.357. The van der Waals surface area contributed by atoms with Crippen LogP contribution in [0, 0.1) is 0 Å². The molecule has 0 fully saturated rings. The number of ether oxygens (including phenoxy) is 1. The largest absolute Gasteiger partial charge is 0.493 e. The topological polar surface area (TPSA) is 47.3 Å². The van der Waals surface area contributed by atoms with Crippen molar-refractivity contribution in [1.82, 2.24) is 5.32 Å². The van der Waals surface area contributed by atoms with Gasteiger partial charge in [0.15, 0.2) is 0 Å². The number of fused-ring (bicyclic) bond motifs is 1. The highest BCUT2D eigenvalue weighted by atomic mass is 16.5. The molecule has 3 nitrogen and oxygen atoms in total. The fourth-order valence-electron chi connectivity index (χ4n) is 1.73. The molecule has 1 aliphatic rings. The number of nitrogens with two attached hydrogens (primary N) is 1. The SMILES string of the molecule is C[C@H](CN)NCc1ccc2c(c1)CCO2. The number of nitrogens with one attached hydrogen (secondary N) is 1. The van der Waals surface area contributed by atoms with Crippen molar-refractivity contribution in [2.24, 2.45) is 5.73 Å². The first-order valence-corrected chi connectivity index (χ1v) is 5.47. The first-order valence-electron chi connectivity index (χ1n) is 5.47. The Bertz CT molecular complexity index is 338. The predicted octanol–water partition coefficient (Wildman–Crippen LogP) is 1.06. The van der Waals surface area contributed by atoms with Crippen molar-refractivity contribution in [1.29, 1.82) is 0 Å². The molecule has 2 rings (SSSR count). The molecular weight excluding hydrogens is 188 g/mol. The quantitative estimate of drug-likeness (QED) is 0.774. The Morgan fingerprint density at radius 2 is 2.40 bits per heavy atom. The molecule has 1 heterocycles. The van der Waals surface area contributed by atoms with Crippen LogP contribution in [0.15, 0.2) is 18.2 Å². The van der Waals surface area contributed by atoms with Crippen molar-refractivity contribution in [3.63, 3.8) is 0 Å². The van der Waals surface area contributed by atoms with E-state index in [0.717, 1.165) is 25.3 Å². The average Bonchev–Trinajstić information content (AvgIpc) is 2.72. The first-order chi connectivity index (χ1) is 7.29. The van der Waals surface area contributed by atoms with Crippen LogP contribution in [0.1, 0.15) is 18.1 Å². The third-order valence-corrected chi connectivity index (χ3v) is 2.76. The lowest BCUT2D eigenvalue weighted by Crippen LogP contribution is -2.32. The maximum Gasteiger partial charge on any atom is 0.122 e. The number of rotatable bonds is 4. The lowest BCUT2D eigenvalue weighted by Gasteiger charge is -2.11. The minimum atomic E-state index is 0.370. The summed E-state index contributed by atoms with van der Waals surface area (Å²) in [5.41, 5.74) is 8.18. The Hall–Kier alpha value is -1.06. The number of benzene rings is 1. The van der Waals surface area contributed by atoms with Gasteiger partial charge in [0.25, 0.3) is 0 Å².